The SMILES string of the molecule is COc1ccc2cc(C(=O)C=Cc3cc(C)c(OC(C)(C)C(=O)O)c(C)c3)c(OC)nc2c1. The number of ether oxygens (including phenoxy) is 3. The first-order chi connectivity index (χ1) is 15.6. The van der Waals surface area contributed by atoms with Gasteiger partial charge in [0, 0.05) is 11.5 Å². The monoisotopic (exact) mass is 449 g/mol. The number of hydrogen-bond acceptors (Lipinski definition) is 6. The van der Waals surface area contributed by atoms with Crippen molar-refractivity contribution in [1.29, 1.82) is 0 Å². The van der Waals surface area contributed by atoms with Gasteiger partial charge in [-0.25, -0.2) is 9.78 Å². The van der Waals surface area contributed by atoms with Crippen LogP contribution in [0.5, 0.6) is 17.4 Å². The third kappa shape index (κ3) is 5.14. The highest BCUT2D eigenvalue weighted by atomic mass is 16.5. The second kappa shape index (κ2) is 9.32. The number of ketones is 1. The zero-order chi connectivity index (χ0) is 24.3. The summed E-state index contributed by atoms with van der Waals surface area (Å²) in [6.45, 7) is 6.68. The number of nitrogens with zero attached hydrogens (tertiary/aromatic N) is 1. The number of aromatic nitrogens is 1. The van der Waals surface area contributed by atoms with Crippen molar-refractivity contribution in [3.8, 4) is 17.4 Å². The third-order valence-electron chi connectivity index (χ3n) is 5.23. The molecule has 0 saturated carbocycles. The average molecular weight is 450 g/mol. The first kappa shape index (κ1) is 23.8. The van der Waals surface area contributed by atoms with Crippen LogP contribution >= 0.6 is 0 Å². The minimum Gasteiger partial charge on any atom is -0.497 e. The summed E-state index contributed by atoms with van der Waals surface area (Å²) in [5.41, 5.74) is 2.00. The van der Waals surface area contributed by atoms with Gasteiger partial charge in [0.05, 0.1) is 25.3 Å². The molecule has 3 aromatic rings. The number of methoxy groups -OCH3 is 2. The third-order valence-corrected chi connectivity index (χ3v) is 5.23. The van der Waals surface area contributed by atoms with E-state index in [-0.39, 0.29) is 11.7 Å². The lowest BCUT2D eigenvalue weighted by Gasteiger charge is -2.24. The molecule has 0 aliphatic heterocycles. The van der Waals surface area contributed by atoms with Crippen LogP contribution < -0.4 is 14.2 Å². The fourth-order valence-electron chi connectivity index (χ4n) is 3.39. The lowest BCUT2D eigenvalue weighted by atomic mass is 10.0. The Morgan fingerprint density at radius 3 is 2.24 bits per heavy atom. The predicted molar refractivity (Wildman–Crippen MR) is 126 cm³/mol. The molecule has 0 aliphatic carbocycles. The van der Waals surface area contributed by atoms with Crippen LogP contribution in [0.15, 0.2) is 42.5 Å². The second-order valence-corrected chi connectivity index (χ2v) is 8.20. The Morgan fingerprint density at radius 2 is 1.67 bits per heavy atom. The van der Waals surface area contributed by atoms with E-state index < -0.39 is 11.6 Å². The summed E-state index contributed by atoms with van der Waals surface area (Å²) in [5, 5.41) is 10.1. The van der Waals surface area contributed by atoms with Gasteiger partial charge < -0.3 is 19.3 Å². The molecule has 0 spiro atoms. The Kier molecular flexibility index (Phi) is 6.72. The summed E-state index contributed by atoms with van der Waals surface area (Å²) >= 11 is 0. The molecular weight excluding hydrogens is 422 g/mol. The van der Waals surface area contributed by atoms with Gasteiger partial charge in [-0.05, 0) is 80.8 Å². The highest BCUT2D eigenvalue weighted by molar-refractivity contribution is 6.10. The van der Waals surface area contributed by atoms with Crippen molar-refractivity contribution in [2.75, 3.05) is 14.2 Å². The summed E-state index contributed by atoms with van der Waals surface area (Å²) in [6, 6.07) is 10.8. The van der Waals surface area contributed by atoms with Gasteiger partial charge in [-0.15, -0.1) is 0 Å². The number of rotatable bonds is 8. The quantitative estimate of drug-likeness (QED) is 0.382. The summed E-state index contributed by atoms with van der Waals surface area (Å²) in [7, 11) is 3.05. The molecule has 0 bridgehead atoms. The molecule has 0 unspecified atom stereocenters. The summed E-state index contributed by atoms with van der Waals surface area (Å²) < 4.78 is 16.3. The molecule has 0 radical (unpaired) electrons. The molecule has 0 saturated heterocycles. The topological polar surface area (TPSA) is 95.0 Å². The van der Waals surface area contributed by atoms with Crippen LogP contribution in [-0.2, 0) is 4.79 Å². The highest BCUT2D eigenvalue weighted by Gasteiger charge is 2.30. The van der Waals surface area contributed by atoms with E-state index in [9.17, 15) is 14.7 Å². The van der Waals surface area contributed by atoms with Gasteiger partial charge in [0.15, 0.2) is 11.4 Å². The number of hydrogen-bond donors (Lipinski definition) is 1. The van der Waals surface area contributed by atoms with Gasteiger partial charge in [-0.1, -0.05) is 6.08 Å². The van der Waals surface area contributed by atoms with E-state index in [0.29, 0.717) is 22.6 Å². The van der Waals surface area contributed by atoms with Crippen LogP contribution in [0.2, 0.25) is 0 Å². The molecule has 7 heteroatoms. The summed E-state index contributed by atoms with van der Waals surface area (Å²) in [6.07, 6.45) is 3.16. The highest BCUT2D eigenvalue weighted by Crippen LogP contribution is 2.30. The van der Waals surface area contributed by atoms with E-state index in [4.69, 9.17) is 14.2 Å². The molecule has 1 N–H and O–H groups in total. The molecule has 3 rings (SSSR count). The molecule has 0 amide bonds. The van der Waals surface area contributed by atoms with E-state index in [1.165, 1.54) is 27.0 Å². The van der Waals surface area contributed by atoms with Crippen molar-refractivity contribution in [2.24, 2.45) is 0 Å². The lowest BCUT2D eigenvalue weighted by Crippen LogP contribution is -2.38. The standard InChI is InChI=1S/C26H27NO6/c1-15-11-17(12-16(2)23(15)33-26(3,4)25(29)30)7-10-22(28)20-13-18-8-9-19(31-5)14-21(18)27-24(20)32-6/h7-14H,1-6H3,(H,29,30). The Bertz CT molecular complexity index is 1240. The van der Waals surface area contributed by atoms with Crippen LogP contribution in [0.25, 0.3) is 17.0 Å². The van der Waals surface area contributed by atoms with Gasteiger partial charge >= 0.3 is 5.97 Å². The molecule has 172 valence electrons. The number of carboxylic acid groups (broad SMARTS) is 1. The minimum atomic E-state index is -1.35. The van der Waals surface area contributed by atoms with Crippen LogP contribution in [-0.4, -0.2) is 41.7 Å². The number of fused-ring (bicyclic) bond motifs is 1. The fourth-order valence-corrected chi connectivity index (χ4v) is 3.39. The largest absolute Gasteiger partial charge is 0.497 e. The van der Waals surface area contributed by atoms with Crippen molar-refractivity contribution in [2.45, 2.75) is 33.3 Å². The van der Waals surface area contributed by atoms with Crippen LogP contribution in [0.1, 0.15) is 40.9 Å². The van der Waals surface area contributed by atoms with Gasteiger partial charge in [0.2, 0.25) is 5.88 Å². The van der Waals surface area contributed by atoms with Gasteiger partial charge in [-0.2, -0.15) is 0 Å². The van der Waals surface area contributed by atoms with Crippen molar-refractivity contribution in [3.05, 3.63) is 64.7 Å². The van der Waals surface area contributed by atoms with Crippen LogP contribution in [0.4, 0.5) is 0 Å². The number of carbonyl (C=O) groups excluding carboxylic acids is 1. The van der Waals surface area contributed by atoms with Gasteiger partial charge in [-0.3, -0.25) is 4.79 Å². The van der Waals surface area contributed by atoms with E-state index in [2.05, 4.69) is 4.98 Å². The molecular formula is C26H27NO6. The van der Waals surface area contributed by atoms with Gasteiger partial charge in [0.1, 0.15) is 11.5 Å². The zero-order valence-corrected chi connectivity index (χ0v) is 19.6. The van der Waals surface area contributed by atoms with E-state index >= 15 is 0 Å². The molecule has 1 heterocycles. The number of carbonyl (C=O) groups is 2. The summed E-state index contributed by atoms with van der Waals surface area (Å²) in [5.74, 6) is 0.118. The van der Waals surface area contributed by atoms with Crippen molar-refractivity contribution < 1.29 is 28.9 Å². The zero-order valence-electron chi connectivity index (χ0n) is 19.6. The van der Waals surface area contributed by atoms with Crippen molar-refractivity contribution >= 4 is 28.7 Å². The Hall–Kier alpha value is -3.87. The average Bonchev–Trinajstić information content (AvgIpc) is 2.78. The Balaban J connectivity index is 1.90. The van der Waals surface area contributed by atoms with E-state index in [1.807, 2.05) is 32.0 Å². The predicted octanol–water partition coefficient (Wildman–Crippen LogP) is 5.01. The molecule has 0 fully saturated rings. The number of aliphatic carboxylic acids is 1. The number of carboxylic acids is 1. The molecule has 7 nitrogen and oxygen atoms in total. The maximum Gasteiger partial charge on any atom is 0.347 e. The van der Waals surface area contributed by atoms with Gasteiger partial charge in [0.25, 0.3) is 0 Å². The number of allylic oxidation sites excluding steroid dienone is 1. The van der Waals surface area contributed by atoms with Crippen LogP contribution in [0, 0.1) is 13.8 Å². The van der Waals surface area contributed by atoms with Crippen molar-refractivity contribution in [1.82, 2.24) is 4.98 Å². The molecule has 0 aliphatic rings. The summed E-state index contributed by atoms with van der Waals surface area (Å²) in [4.78, 5) is 28.8. The molecule has 2 aromatic carbocycles. The smallest absolute Gasteiger partial charge is 0.347 e. The minimum absolute atomic E-state index is 0.234. The maximum atomic E-state index is 12.9. The normalized spacial score (nSPS) is 11.6. The lowest BCUT2D eigenvalue weighted by molar-refractivity contribution is -0.152. The fraction of sp³-hybridized carbons (Fsp3) is 0.269. The first-order valence-electron chi connectivity index (χ1n) is 10.3. The Labute approximate surface area is 192 Å². The number of benzene rings is 2. The number of pyridine rings is 1. The number of aryl methyl sites for hydroxylation is 2. The van der Waals surface area contributed by atoms with E-state index in [1.54, 1.807) is 31.4 Å². The first-order valence-corrected chi connectivity index (χ1v) is 10.3. The maximum absolute atomic E-state index is 12.9. The van der Waals surface area contributed by atoms with Crippen LogP contribution in [0.3, 0.4) is 0 Å². The second-order valence-electron chi connectivity index (χ2n) is 8.20. The van der Waals surface area contributed by atoms with E-state index in [0.717, 1.165) is 22.1 Å². The van der Waals surface area contributed by atoms with Crippen molar-refractivity contribution in [3.63, 3.8) is 0 Å². The molecule has 33 heavy (non-hydrogen) atoms. The molecule has 0 atom stereocenters. The molecule has 1 aromatic heterocycles. The Morgan fingerprint density at radius 1 is 1.00 bits per heavy atom.